The summed E-state index contributed by atoms with van der Waals surface area (Å²) in [6.45, 7) is 7.93. The Labute approximate surface area is 153 Å². The summed E-state index contributed by atoms with van der Waals surface area (Å²) in [4.78, 5) is 8.77. The van der Waals surface area contributed by atoms with Crippen molar-refractivity contribution < 1.29 is 4.84 Å². The molecule has 0 unspecified atom stereocenters. The lowest BCUT2D eigenvalue weighted by atomic mass is 9.79. The molecule has 0 radical (unpaired) electrons. The maximum absolute atomic E-state index is 9.50. The summed E-state index contributed by atoms with van der Waals surface area (Å²) in [7, 11) is 1.45. The molecule has 7 heteroatoms. The number of benzene rings is 1. The van der Waals surface area contributed by atoms with Crippen LogP contribution in [0.4, 0.5) is 0 Å². The van der Waals surface area contributed by atoms with Crippen LogP contribution < -0.4 is 0 Å². The third-order valence-corrected chi connectivity index (χ3v) is 4.17. The first kappa shape index (κ1) is 19.1. The number of hydrogen-bond donors (Lipinski definition) is 0. The quantitative estimate of drug-likeness (QED) is 0.589. The minimum Gasteiger partial charge on any atom is -0.399 e. The van der Waals surface area contributed by atoms with Gasteiger partial charge in [-0.1, -0.05) is 23.4 Å². The summed E-state index contributed by atoms with van der Waals surface area (Å²) >= 11 is 0. The van der Waals surface area contributed by atoms with E-state index in [1.54, 1.807) is 11.0 Å². The van der Waals surface area contributed by atoms with Crippen molar-refractivity contribution in [2.75, 3.05) is 7.11 Å². The van der Waals surface area contributed by atoms with Crippen molar-refractivity contribution in [1.29, 1.82) is 10.5 Å². The summed E-state index contributed by atoms with van der Waals surface area (Å²) in [6, 6.07) is 10.5. The van der Waals surface area contributed by atoms with E-state index in [1.807, 2.05) is 45.9 Å². The Kier molecular flexibility index (Phi) is 5.42. The van der Waals surface area contributed by atoms with Crippen LogP contribution in [0.2, 0.25) is 0 Å². The van der Waals surface area contributed by atoms with Gasteiger partial charge in [-0.05, 0) is 44.4 Å². The number of nitrogens with zero attached hydrogens (tertiary/aromatic N) is 6. The van der Waals surface area contributed by atoms with E-state index >= 15 is 0 Å². The van der Waals surface area contributed by atoms with E-state index in [-0.39, 0.29) is 0 Å². The molecule has 1 heterocycles. The lowest BCUT2D eigenvalue weighted by Crippen LogP contribution is -2.20. The van der Waals surface area contributed by atoms with E-state index in [1.165, 1.54) is 13.3 Å². The summed E-state index contributed by atoms with van der Waals surface area (Å²) in [5, 5.41) is 26.9. The van der Waals surface area contributed by atoms with E-state index in [2.05, 4.69) is 32.2 Å². The molecular formula is C19H22N6O. The van der Waals surface area contributed by atoms with Gasteiger partial charge < -0.3 is 4.84 Å². The third kappa shape index (κ3) is 4.25. The molecular weight excluding hydrogens is 328 g/mol. The molecule has 0 atom stereocenters. The van der Waals surface area contributed by atoms with Gasteiger partial charge in [-0.2, -0.15) is 10.5 Å². The first-order valence-corrected chi connectivity index (χ1v) is 8.15. The maximum Gasteiger partial charge on any atom is 0.195 e. The molecule has 1 aromatic carbocycles. The van der Waals surface area contributed by atoms with Crippen molar-refractivity contribution in [2.45, 2.75) is 45.1 Å². The van der Waals surface area contributed by atoms with Crippen LogP contribution in [-0.4, -0.2) is 28.1 Å². The van der Waals surface area contributed by atoms with Crippen molar-refractivity contribution >= 4 is 6.21 Å². The second-order valence-corrected chi connectivity index (χ2v) is 7.11. The van der Waals surface area contributed by atoms with Crippen molar-refractivity contribution in [1.82, 2.24) is 14.8 Å². The predicted molar refractivity (Wildman–Crippen MR) is 97.4 cm³/mol. The lowest BCUT2D eigenvalue weighted by Gasteiger charge is -2.23. The largest absolute Gasteiger partial charge is 0.399 e. The number of nitriles is 2. The van der Waals surface area contributed by atoms with Gasteiger partial charge in [-0.15, -0.1) is 5.10 Å². The average molecular weight is 350 g/mol. The molecule has 0 saturated heterocycles. The number of hydrogen-bond acceptors (Lipinski definition) is 6. The van der Waals surface area contributed by atoms with Crippen LogP contribution in [0.3, 0.4) is 0 Å². The Bertz CT molecular complexity index is 851. The first-order chi connectivity index (χ1) is 12.2. The van der Waals surface area contributed by atoms with Crippen LogP contribution in [0.5, 0.6) is 0 Å². The van der Waals surface area contributed by atoms with Gasteiger partial charge in [0.05, 0.1) is 29.5 Å². The van der Waals surface area contributed by atoms with Crippen molar-refractivity contribution in [3.63, 3.8) is 0 Å². The zero-order valence-electron chi connectivity index (χ0n) is 15.7. The molecule has 0 N–H and O–H groups in total. The Morgan fingerprint density at radius 2 is 1.69 bits per heavy atom. The summed E-state index contributed by atoms with van der Waals surface area (Å²) in [5.74, 6) is 0.443. The third-order valence-electron chi connectivity index (χ3n) is 4.17. The van der Waals surface area contributed by atoms with Crippen LogP contribution in [0.15, 0.2) is 29.7 Å². The fourth-order valence-corrected chi connectivity index (χ4v) is 2.37. The number of aromatic nitrogens is 3. The van der Waals surface area contributed by atoms with Gasteiger partial charge in [-0.25, -0.2) is 9.67 Å². The van der Waals surface area contributed by atoms with Gasteiger partial charge in [-0.3, -0.25) is 0 Å². The van der Waals surface area contributed by atoms with Gasteiger partial charge in [0.1, 0.15) is 19.7 Å². The first-order valence-electron chi connectivity index (χ1n) is 8.15. The van der Waals surface area contributed by atoms with E-state index in [4.69, 9.17) is 0 Å². The standard InChI is InChI=1S/C19H22N6O/c1-18(2,11-20)15-6-14(7-16(8-15)19(3,4)12-21)10-25-13-22-17(24-25)9-23-26-5/h6-9,13H,10H2,1-5H3/b23-9-. The minimum atomic E-state index is -0.658. The Morgan fingerprint density at radius 1 is 1.12 bits per heavy atom. The molecule has 0 aliphatic carbocycles. The van der Waals surface area contributed by atoms with Crippen LogP contribution in [0.25, 0.3) is 0 Å². The average Bonchev–Trinajstić information content (AvgIpc) is 3.06. The molecule has 0 amide bonds. The highest BCUT2D eigenvalue weighted by atomic mass is 16.6. The van der Waals surface area contributed by atoms with E-state index in [0.717, 1.165) is 16.7 Å². The highest BCUT2D eigenvalue weighted by Crippen LogP contribution is 2.30. The molecule has 26 heavy (non-hydrogen) atoms. The maximum atomic E-state index is 9.50. The molecule has 0 aliphatic rings. The Hall–Kier alpha value is -3.19. The van der Waals surface area contributed by atoms with Gasteiger partial charge in [0.2, 0.25) is 0 Å². The lowest BCUT2D eigenvalue weighted by molar-refractivity contribution is 0.215. The molecule has 0 bridgehead atoms. The predicted octanol–water partition coefficient (Wildman–Crippen LogP) is 2.91. The topological polar surface area (TPSA) is 99.9 Å². The second kappa shape index (κ2) is 7.37. The van der Waals surface area contributed by atoms with Crippen molar-refractivity contribution in [3.05, 3.63) is 47.0 Å². The number of oxime groups is 1. The van der Waals surface area contributed by atoms with Crippen LogP contribution in [-0.2, 0) is 22.2 Å². The Balaban J connectivity index is 2.45. The zero-order valence-corrected chi connectivity index (χ0v) is 15.7. The molecule has 0 aliphatic heterocycles. The van der Waals surface area contributed by atoms with Crippen molar-refractivity contribution in [2.24, 2.45) is 5.16 Å². The zero-order chi connectivity index (χ0) is 19.4. The van der Waals surface area contributed by atoms with Crippen LogP contribution >= 0.6 is 0 Å². The summed E-state index contributed by atoms with van der Waals surface area (Å²) in [5.41, 5.74) is 1.38. The van der Waals surface area contributed by atoms with Gasteiger partial charge in [0.25, 0.3) is 0 Å². The van der Waals surface area contributed by atoms with Crippen molar-refractivity contribution in [3.8, 4) is 12.1 Å². The fraction of sp³-hybridized carbons (Fsp3) is 0.421. The van der Waals surface area contributed by atoms with Crippen LogP contribution in [0, 0.1) is 22.7 Å². The van der Waals surface area contributed by atoms with E-state index < -0.39 is 10.8 Å². The summed E-state index contributed by atoms with van der Waals surface area (Å²) in [6.07, 6.45) is 3.03. The normalized spacial score (nSPS) is 12.0. The van der Waals surface area contributed by atoms with E-state index in [0.29, 0.717) is 12.4 Å². The second-order valence-electron chi connectivity index (χ2n) is 7.11. The summed E-state index contributed by atoms with van der Waals surface area (Å²) < 4.78 is 1.68. The molecule has 2 rings (SSSR count). The van der Waals surface area contributed by atoms with Gasteiger partial charge in [0.15, 0.2) is 5.82 Å². The highest BCUT2D eigenvalue weighted by molar-refractivity contribution is 5.73. The van der Waals surface area contributed by atoms with Gasteiger partial charge >= 0.3 is 0 Å². The number of rotatable bonds is 6. The van der Waals surface area contributed by atoms with Crippen LogP contribution in [0.1, 0.15) is 50.2 Å². The molecule has 1 aromatic heterocycles. The molecule has 0 spiro atoms. The molecule has 0 saturated carbocycles. The Morgan fingerprint density at radius 3 is 2.19 bits per heavy atom. The monoisotopic (exact) mass is 350 g/mol. The molecule has 7 nitrogen and oxygen atoms in total. The van der Waals surface area contributed by atoms with E-state index in [9.17, 15) is 10.5 Å². The molecule has 2 aromatic rings. The SMILES string of the molecule is CO/N=C\c1ncn(Cc2cc(C(C)(C)C#N)cc(C(C)(C)C#N)c2)n1. The smallest absolute Gasteiger partial charge is 0.195 e. The molecule has 0 fully saturated rings. The fourth-order valence-electron chi connectivity index (χ4n) is 2.37. The molecule has 134 valence electrons. The highest BCUT2D eigenvalue weighted by Gasteiger charge is 2.26. The van der Waals surface area contributed by atoms with Gasteiger partial charge in [0, 0.05) is 0 Å². The minimum absolute atomic E-state index is 0.443.